The monoisotopic (exact) mass is 435 g/mol. The second-order valence-electron chi connectivity index (χ2n) is 7.04. The Hall–Kier alpha value is -4.17. The number of benzene rings is 1. The van der Waals surface area contributed by atoms with Crippen LogP contribution in [-0.4, -0.2) is 16.2 Å². The van der Waals surface area contributed by atoms with Crippen LogP contribution in [0.2, 0.25) is 0 Å². The number of thiophene rings is 1. The molecule has 0 radical (unpaired) electrons. The van der Waals surface area contributed by atoms with E-state index in [1.807, 2.05) is 26.0 Å². The van der Waals surface area contributed by atoms with Gasteiger partial charge in [0.15, 0.2) is 7.05 Å². The van der Waals surface area contributed by atoms with Gasteiger partial charge in [0.25, 0.3) is 0 Å². The number of aromatic amines is 1. The van der Waals surface area contributed by atoms with Gasteiger partial charge >= 0.3 is 11.3 Å². The molecule has 10 nitrogen and oxygen atoms in total. The van der Waals surface area contributed by atoms with E-state index in [1.54, 1.807) is 12.1 Å². The number of H-pyrrole nitrogens is 1. The summed E-state index contributed by atoms with van der Waals surface area (Å²) in [4.78, 5) is 21.2. The van der Waals surface area contributed by atoms with Crippen LogP contribution in [0.1, 0.15) is 21.6 Å². The minimum atomic E-state index is -0.718. The first kappa shape index (κ1) is 20.1. The van der Waals surface area contributed by atoms with Crippen molar-refractivity contribution >= 4 is 44.6 Å². The highest BCUT2D eigenvalue weighted by Gasteiger charge is 2.31. The maximum absolute atomic E-state index is 12.9. The van der Waals surface area contributed by atoms with Crippen LogP contribution in [0.3, 0.4) is 0 Å². The Kier molecular flexibility index (Phi) is 4.71. The predicted molar refractivity (Wildman–Crippen MR) is 115 cm³/mol. The Labute approximate surface area is 179 Å². The molecule has 3 heterocycles. The van der Waals surface area contributed by atoms with Crippen LogP contribution in [0.25, 0.3) is 21.5 Å². The molecule has 0 fully saturated rings. The highest BCUT2D eigenvalue weighted by molar-refractivity contribution is 7.21. The number of rotatable bonds is 3. The molecule has 3 aromatic heterocycles. The number of nitrogens with zero attached hydrogens (tertiary/aromatic N) is 4. The van der Waals surface area contributed by atoms with Gasteiger partial charge in [0, 0.05) is 5.90 Å². The first-order valence-electron chi connectivity index (χ1n) is 9.05. The van der Waals surface area contributed by atoms with Crippen LogP contribution < -0.4 is 26.9 Å². The summed E-state index contributed by atoms with van der Waals surface area (Å²) in [5, 5.41) is 25.3. The molecule has 4 aromatic rings. The van der Waals surface area contributed by atoms with Gasteiger partial charge in [-0.05, 0) is 42.4 Å². The number of nitrogen functional groups attached to an aromatic ring is 2. The smallest absolute Gasteiger partial charge is 0.435 e. The average Bonchev–Trinajstić information content (AvgIpc) is 3.19. The van der Waals surface area contributed by atoms with Gasteiger partial charge in [-0.3, -0.25) is 9.52 Å². The number of nitrogens with one attached hydrogen (secondary N) is 1. The molecule has 156 valence electrons. The van der Waals surface area contributed by atoms with E-state index in [0.717, 1.165) is 22.5 Å². The summed E-state index contributed by atoms with van der Waals surface area (Å²) in [6.07, 6.45) is 0. The Morgan fingerprint density at radius 3 is 2.58 bits per heavy atom. The second-order valence-corrected chi connectivity index (χ2v) is 8.03. The third kappa shape index (κ3) is 3.28. The number of hydrogen-bond acceptors (Lipinski definition) is 9. The van der Waals surface area contributed by atoms with Crippen molar-refractivity contribution in [2.24, 2.45) is 12.0 Å². The normalized spacial score (nSPS) is 11.7. The van der Waals surface area contributed by atoms with Crippen molar-refractivity contribution in [3.63, 3.8) is 0 Å². The van der Waals surface area contributed by atoms with E-state index < -0.39 is 11.5 Å². The Balaban J connectivity index is 2.02. The lowest BCUT2D eigenvalue weighted by Crippen LogP contribution is -2.34. The molecule has 0 aliphatic heterocycles. The molecule has 4 rings (SSSR count). The van der Waals surface area contributed by atoms with Gasteiger partial charge in [0.1, 0.15) is 22.3 Å². The van der Waals surface area contributed by atoms with Crippen molar-refractivity contribution in [3.8, 4) is 17.3 Å². The lowest BCUT2D eigenvalue weighted by Gasteiger charge is -2.10. The van der Waals surface area contributed by atoms with Crippen LogP contribution in [-0.2, 0) is 7.05 Å². The molecule has 0 aliphatic rings. The van der Waals surface area contributed by atoms with Crippen LogP contribution in [0.15, 0.2) is 32.5 Å². The number of nitriles is 1. The van der Waals surface area contributed by atoms with E-state index in [1.165, 1.54) is 11.7 Å². The number of aliphatic imine (C=N–C) groups is 1. The van der Waals surface area contributed by atoms with Crippen molar-refractivity contribution in [2.45, 2.75) is 13.8 Å². The van der Waals surface area contributed by atoms with Crippen LogP contribution >= 0.6 is 11.3 Å². The van der Waals surface area contributed by atoms with Gasteiger partial charge in [-0.15, -0.1) is 11.3 Å². The predicted octanol–water partition coefficient (Wildman–Crippen LogP) is 1.16. The van der Waals surface area contributed by atoms with E-state index in [9.17, 15) is 15.2 Å². The standard InChI is InChI=1S/C20H17N7O3S/c1-8-4-9(2)6-10(5-8)24-18(28)16-14(22)13-12(15-20(29)30-26-27(15)3)11(7-21)17(23)25-19(13)31-16/h4-6H,1-3H3,(H5-,22,23,24,25,26,28,29). The first-order valence-corrected chi connectivity index (χ1v) is 9.86. The highest BCUT2D eigenvalue weighted by atomic mass is 32.1. The van der Waals surface area contributed by atoms with Gasteiger partial charge in [0.2, 0.25) is 0 Å². The first-order chi connectivity index (χ1) is 14.7. The van der Waals surface area contributed by atoms with Gasteiger partial charge in [-0.2, -0.15) is 5.26 Å². The van der Waals surface area contributed by atoms with Crippen LogP contribution in [0, 0.1) is 25.2 Å². The molecule has 0 unspecified atom stereocenters. The molecule has 0 aliphatic carbocycles. The topological polar surface area (TPSA) is 174 Å². The third-order valence-corrected chi connectivity index (χ3v) is 5.78. The molecule has 11 heteroatoms. The minimum absolute atomic E-state index is 0.0328. The molecule has 0 spiro atoms. The van der Waals surface area contributed by atoms with E-state index in [4.69, 9.17) is 16.0 Å². The van der Waals surface area contributed by atoms with Crippen molar-refractivity contribution in [3.05, 3.63) is 50.2 Å². The molecular weight excluding hydrogens is 418 g/mol. The quantitative estimate of drug-likeness (QED) is 0.246. The van der Waals surface area contributed by atoms with Crippen molar-refractivity contribution in [1.82, 2.24) is 10.3 Å². The molecule has 1 aromatic carbocycles. The third-order valence-electron chi connectivity index (χ3n) is 4.69. The maximum Gasteiger partial charge on any atom is 0.435 e. The van der Waals surface area contributed by atoms with Crippen LogP contribution in [0.5, 0.6) is 0 Å². The highest BCUT2D eigenvalue weighted by Crippen LogP contribution is 2.41. The lowest BCUT2D eigenvalue weighted by molar-refractivity contribution is -0.730. The summed E-state index contributed by atoms with van der Waals surface area (Å²) in [5.74, 6) is -0.642. The zero-order chi connectivity index (χ0) is 22.4. The molecule has 0 bridgehead atoms. The molecule has 31 heavy (non-hydrogen) atoms. The molecule has 0 amide bonds. The Bertz CT molecular complexity index is 1470. The van der Waals surface area contributed by atoms with E-state index in [-0.39, 0.29) is 38.6 Å². The number of aryl methyl sites for hydroxylation is 3. The summed E-state index contributed by atoms with van der Waals surface area (Å²) < 4.78 is 6.12. The summed E-state index contributed by atoms with van der Waals surface area (Å²) in [6.45, 7) is 3.82. The molecule has 0 saturated carbocycles. The van der Waals surface area contributed by atoms with E-state index >= 15 is 0 Å². The fourth-order valence-electron chi connectivity index (χ4n) is 3.47. The summed E-state index contributed by atoms with van der Waals surface area (Å²) >= 11 is 0.995. The van der Waals surface area contributed by atoms with E-state index in [0.29, 0.717) is 10.5 Å². The van der Waals surface area contributed by atoms with Gasteiger partial charge in [0.05, 0.1) is 27.2 Å². The van der Waals surface area contributed by atoms with E-state index in [2.05, 4.69) is 15.2 Å². The Morgan fingerprint density at radius 1 is 1.32 bits per heavy atom. The number of fused-ring (bicyclic) bond motifs is 1. The molecule has 0 saturated heterocycles. The SMILES string of the molecule is Cc1cc(C)cc(N=C([O-])c2sc3nc(N)c(C#N)c(-c4c(=O)o[nH][n+]4C)c3c2N)c1. The Morgan fingerprint density at radius 2 is 2.00 bits per heavy atom. The minimum Gasteiger partial charge on any atom is -0.858 e. The van der Waals surface area contributed by atoms with Crippen LogP contribution in [0.4, 0.5) is 17.2 Å². The molecule has 0 atom stereocenters. The zero-order valence-electron chi connectivity index (χ0n) is 16.8. The zero-order valence-corrected chi connectivity index (χ0v) is 17.6. The number of aromatic nitrogens is 3. The fraction of sp³-hybridized carbons (Fsp3) is 0.150. The van der Waals surface area contributed by atoms with Gasteiger partial charge < -0.3 is 16.6 Å². The van der Waals surface area contributed by atoms with Gasteiger partial charge in [-0.1, -0.05) is 10.7 Å². The largest absolute Gasteiger partial charge is 0.858 e. The molecular formula is C20H17N7O3S. The fourth-order valence-corrected chi connectivity index (χ4v) is 4.47. The number of hydrogen-bond donors (Lipinski definition) is 3. The summed E-state index contributed by atoms with van der Waals surface area (Å²) in [5.41, 5.74) is 14.2. The number of anilines is 2. The molecule has 5 N–H and O–H groups in total. The van der Waals surface area contributed by atoms with Gasteiger partial charge in [-0.25, -0.2) is 9.78 Å². The van der Waals surface area contributed by atoms with Crippen molar-refractivity contribution < 1.29 is 14.3 Å². The summed E-state index contributed by atoms with van der Waals surface area (Å²) in [6, 6.07) is 7.51. The lowest BCUT2D eigenvalue weighted by atomic mass is 10.0. The van der Waals surface area contributed by atoms with Crippen molar-refractivity contribution in [1.29, 1.82) is 5.26 Å². The average molecular weight is 435 g/mol. The number of nitrogens with two attached hydrogens (primary N) is 2. The second kappa shape index (κ2) is 7.26. The summed E-state index contributed by atoms with van der Waals surface area (Å²) in [7, 11) is 1.54. The number of pyridine rings is 1. The maximum atomic E-state index is 12.9. The van der Waals surface area contributed by atoms with Crippen molar-refractivity contribution in [2.75, 3.05) is 11.5 Å².